The Morgan fingerprint density at radius 1 is 0.639 bits per heavy atom. The van der Waals surface area contributed by atoms with Crippen LogP contribution in [0.3, 0.4) is 0 Å². The first kappa shape index (κ1) is 45.5. The molecule has 2 amide bonds. The Kier molecular flexibility index (Phi) is 16.2. The van der Waals surface area contributed by atoms with Crippen molar-refractivity contribution in [1.82, 2.24) is 31.0 Å². The Hall–Kier alpha value is -5.00. The summed E-state index contributed by atoms with van der Waals surface area (Å²) in [6, 6.07) is 20.6. The average molecular weight is 868 g/mol. The van der Waals surface area contributed by atoms with Gasteiger partial charge in [0.25, 0.3) is 0 Å². The zero-order valence-corrected chi connectivity index (χ0v) is 37.5. The van der Waals surface area contributed by atoms with Crippen LogP contribution in [0.2, 0.25) is 0 Å². The molecular formula is C48H60Cl2N8O3. The highest BCUT2D eigenvalue weighted by molar-refractivity contribution is 6.40. The number of hydrogen-bond acceptors (Lipinski definition) is 9. The number of nitrogens with one attached hydrogen (secondary N) is 2. The number of halogens is 2. The molecule has 4 aromatic rings. The van der Waals surface area contributed by atoms with Crippen LogP contribution in [0.15, 0.2) is 72.8 Å². The molecule has 0 spiro atoms. The molecule has 3 N–H and O–H groups in total. The molecule has 0 radical (unpaired) electrons. The Labute approximate surface area is 371 Å². The van der Waals surface area contributed by atoms with Gasteiger partial charge in [-0.15, -0.1) is 43.6 Å². The summed E-state index contributed by atoms with van der Waals surface area (Å²) in [5, 5.41) is 33.6. The number of carbonyl (C=O) groups is 2. The van der Waals surface area contributed by atoms with Gasteiger partial charge < -0.3 is 25.5 Å². The van der Waals surface area contributed by atoms with Gasteiger partial charge in [0.15, 0.2) is 11.6 Å². The number of nitrogens with zero attached hydrogens (tertiary/aromatic N) is 6. The highest BCUT2D eigenvalue weighted by atomic mass is 35.5. The van der Waals surface area contributed by atoms with E-state index in [1.54, 1.807) is 32.3 Å². The topological polar surface area (TPSA) is 136 Å². The Balaban J connectivity index is 0.000000192. The zero-order chi connectivity index (χ0) is 43.5. The fourth-order valence-electron chi connectivity index (χ4n) is 9.72. The van der Waals surface area contributed by atoms with Crippen molar-refractivity contribution in [2.45, 2.75) is 83.2 Å². The van der Waals surface area contributed by atoms with Gasteiger partial charge in [-0.3, -0.25) is 9.59 Å². The number of fused-ring (bicyclic) bond motifs is 4. The van der Waals surface area contributed by atoms with Crippen LogP contribution >= 0.6 is 23.2 Å². The lowest BCUT2D eigenvalue weighted by atomic mass is 9.85. The van der Waals surface area contributed by atoms with Crippen molar-refractivity contribution >= 4 is 58.8 Å². The van der Waals surface area contributed by atoms with E-state index in [1.165, 1.54) is 76.4 Å². The Morgan fingerprint density at radius 2 is 1.05 bits per heavy atom. The second kappa shape index (κ2) is 21.7. The molecule has 4 aliphatic rings. The fraction of sp³-hybridized carbons (Fsp3) is 0.458. The molecule has 2 heterocycles. The summed E-state index contributed by atoms with van der Waals surface area (Å²) in [5.74, 6) is 5.23. The van der Waals surface area contributed by atoms with Crippen LogP contribution in [-0.4, -0.2) is 82.9 Å². The molecule has 4 bridgehead atoms. The van der Waals surface area contributed by atoms with E-state index < -0.39 is 0 Å². The van der Waals surface area contributed by atoms with Gasteiger partial charge in [0, 0.05) is 63.6 Å². The third kappa shape index (κ3) is 12.1. The van der Waals surface area contributed by atoms with Crippen LogP contribution in [0.1, 0.15) is 80.9 Å². The van der Waals surface area contributed by atoms with E-state index in [0.29, 0.717) is 23.3 Å². The quantitative estimate of drug-likeness (QED) is 0.105. The minimum Gasteiger partial charge on any atom is -0.507 e. The first-order valence-corrected chi connectivity index (χ1v) is 22.5. The normalized spacial score (nSPS) is 22.5. The van der Waals surface area contributed by atoms with E-state index in [9.17, 15) is 14.7 Å². The lowest BCUT2D eigenvalue weighted by Crippen LogP contribution is -2.37. The van der Waals surface area contributed by atoms with Crippen LogP contribution in [0.4, 0.5) is 11.6 Å². The van der Waals surface area contributed by atoms with E-state index in [2.05, 4.69) is 80.0 Å². The van der Waals surface area contributed by atoms with Crippen molar-refractivity contribution in [1.29, 1.82) is 0 Å². The molecule has 0 saturated heterocycles. The van der Waals surface area contributed by atoms with Crippen LogP contribution in [-0.2, 0) is 9.59 Å². The van der Waals surface area contributed by atoms with E-state index >= 15 is 0 Å². The van der Waals surface area contributed by atoms with Crippen molar-refractivity contribution in [2.24, 2.45) is 23.7 Å². The number of aromatic nitrogens is 4. The van der Waals surface area contributed by atoms with E-state index in [4.69, 9.17) is 23.2 Å². The van der Waals surface area contributed by atoms with Gasteiger partial charge in [0.05, 0.1) is 16.7 Å². The number of carbonyl (C=O) groups excluding carboxylic acids is 2. The van der Waals surface area contributed by atoms with Crippen LogP contribution in [0.5, 0.6) is 5.75 Å². The van der Waals surface area contributed by atoms with Gasteiger partial charge in [-0.2, -0.15) is 0 Å². The third-order valence-electron chi connectivity index (χ3n) is 13.0. The number of phenols is 1. The molecule has 324 valence electrons. The number of benzene rings is 2. The maximum Gasteiger partial charge on any atom is 0.243 e. The van der Waals surface area contributed by atoms with Gasteiger partial charge >= 0.3 is 0 Å². The number of phenolic OH excluding ortho intramolecular Hbond substituents is 1. The highest BCUT2D eigenvalue weighted by Gasteiger charge is 2.37. The lowest BCUT2D eigenvalue weighted by molar-refractivity contribution is -0.116. The van der Waals surface area contributed by atoms with E-state index in [0.717, 1.165) is 63.3 Å². The molecular weight excluding hydrogens is 807 g/mol. The van der Waals surface area contributed by atoms with Gasteiger partial charge in [0.2, 0.25) is 11.8 Å². The summed E-state index contributed by atoms with van der Waals surface area (Å²) in [6.07, 6.45) is 19.9. The summed E-state index contributed by atoms with van der Waals surface area (Å²) in [7, 11) is 7.48. The van der Waals surface area contributed by atoms with Gasteiger partial charge in [-0.05, 0) is 134 Å². The molecule has 61 heavy (non-hydrogen) atoms. The summed E-state index contributed by atoms with van der Waals surface area (Å²) in [6.45, 7) is 2.06. The number of amides is 2. The molecule has 2 unspecified atom stereocenters. The number of aryl methyl sites for hydroxylation is 1. The van der Waals surface area contributed by atoms with Crippen molar-refractivity contribution < 1.29 is 14.7 Å². The summed E-state index contributed by atoms with van der Waals surface area (Å²) in [5.41, 5.74) is 6.05. The van der Waals surface area contributed by atoms with Crippen molar-refractivity contribution in [3.05, 3.63) is 89.5 Å². The number of likely N-dealkylation sites (N-methyl/N-ethyl adjacent to an activating group) is 2. The fourth-order valence-corrected chi connectivity index (χ4v) is 9.72. The SMILES string of the molecule is CNC(=O)/C=C/c1ccc(-c2ccc(N(C)C3C[C@H]4CC[C@@H](C3)C4)nn2)c(C)c1.CNC(=O)/C=C/c1ccc(-c2ccc(N(C)C3C[C@H]4CC[C@@H](C3)C4)nn2)c(O)c1.ClCCl. The first-order valence-electron chi connectivity index (χ1n) is 21.5. The third-order valence-corrected chi connectivity index (χ3v) is 13.0. The maximum atomic E-state index is 11.4. The maximum absolute atomic E-state index is 11.4. The van der Waals surface area contributed by atoms with Crippen LogP contribution in [0, 0.1) is 30.6 Å². The number of anilines is 2. The molecule has 0 aliphatic heterocycles. The lowest BCUT2D eigenvalue weighted by Gasteiger charge is -2.35. The minimum atomic E-state index is -0.190. The van der Waals surface area contributed by atoms with Crippen LogP contribution < -0.4 is 20.4 Å². The molecule has 13 heteroatoms. The molecule has 6 atom stereocenters. The van der Waals surface area contributed by atoms with E-state index in [-0.39, 0.29) is 22.9 Å². The smallest absolute Gasteiger partial charge is 0.243 e. The van der Waals surface area contributed by atoms with E-state index in [1.807, 2.05) is 36.4 Å². The van der Waals surface area contributed by atoms with Gasteiger partial charge in [-0.1, -0.05) is 49.9 Å². The summed E-state index contributed by atoms with van der Waals surface area (Å²) >= 11 is 9.53. The first-order chi connectivity index (χ1) is 29.5. The summed E-state index contributed by atoms with van der Waals surface area (Å²) in [4.78, 5) is 27.3. The van der Waals surface area contributed by atoms with Crippen LogP contribution in [0.25, 0.3) is 34.7 Å². The van der Waals surface area contributed by atoms with Crippen molar-refractivity contribution in [3.63, 3.8) is 0 Å². The monoisotopic (exact) mass is 866 g/mol. The molecule has 4 aliphatic carbocycles. The molecule has 11 nitrogen and oxygen atoms in total. The average Bonchev–Trinajstić information content (AvgIpc) is 3.81. The zero-order valence-electron chi connectivity index (χ0n) is 36.0. The molecule has 2 aromatic heterocycles. The molecule has 4 saturated carbocycles. The predicted molar refractivity (Wildman–Crippen MR) is 249 cm³/mol. The number of aromatic hydroxyl groups is 1. The van der Waals surface area contributed by atoms with Crippen molar-refractivity contribution in [3.8, 4) is 28.3 Å². The van der Waals surface area contributed by atoms with Gasteiger partial charge in [-0.25, -0.2) is 0 Å². The second-order valence-electron chi connectivity index (χ2n) is 17.0. The second-order valence-corrected chi connectivity index (χ2v) is 17.8. The minimum absolute atomic E-state index is 0.108. The molecule has 8 rings (SSSR count). The number of rotatable bonds is 10. The van der Waals surface area contributed by atoms with Crippen molar-refractivity contribution in [2.75, 3.05) is 43.3 Å². The highest BCUT2D eigenvalue weighted by Crippen LogP contribution is 2.45. The number of alkyl halides is 2. The standard InChI is InChI=1S/C24H30N4O.C23H28N4O2.CH2Cl2/c1-16-12-17(7-11-24(29)25-2)6-8-21(16)22-9-10-23(27-26-22)28(3)20-14-18-4-5-19(13-18)15-20;1-24-23(29)10-6-15-5-7-19(21(28)14-15)20-8-9-22(26-25-20)27(2)18-12-16-3-4-17(11-16)13-18;2-1-3/h6-12,18-20H,4-5,13-15H2,1-3H3,(H,25,29);5-10,14,16-18,28H,3-4,11-13H2,1-2H3,(H,24,29);1H2/b11-7+;10-6+;/t18-,19+,20?;16-,17+,18?;. The molecule has 2 aromatic carbocycles. The number of hydrogen-bond donors (Lipinski definition) is 3. The Morgan fingerprint density at radius 3 is 1.43 bits per heavy atom. The Bertz CT molecular complexity index is 1970. The molecule has 4 fully saturated rings. The largest absolute Gasteiger partial charge is 0.507 e. The van der Waals surface area contributed by atoms with Gasteiger partial charge in [0.1, 0.15) is 5.75 Å². The predicted octanol–water partition coefficient (Wildman–Crippen LogP) is 9.27. The summed E-state index contributed by atoms with van der Waals surface area (Å²) < 4.78 is 0.